The number of aliphatic hydroxyl groups is 5. The molecular weight excluding hydrogens is 1090 g/mol. The number of aliphatic hydroxyl groups excluding tert-OH is 5. The average Bonchev–Trinajstić information content (AvgIpc) is 1.87. The molecule has 0 aromatic carbocycles. The highest BCUT2D eigenvalue weighted by Crippen LogP contribution is 2.23. The Bertz CT molecular complexity index is 1580. The van der Waals surface area contributed by atoms with E-state index in [4.69, 9.17) is 14.2 Å². The van der Waals surface area contributed by atoms with Gasteiger partial charge in [-0.25, -0.2) is 0 Å². The summed E-state index contributed by atoms with van der Waals surface area (Å²) < 4.78 is 16.7. The van der Waals surface area contributed by atoms with Gasteiger partial charge in [-0.3, -0.25) is 9.59 Å². The van der Waals surface area contributed by atoms with Gasteiger partial charge >= 0.3 is 5.97 Å². The summed E-state index contributed by atoms with van der Waals surface area (Å²) in [4.78, 5) is 25.1. The minimum absolute atomic E-state index is 0.0141. The molecule has 0 aromatic heterocycles. The van der Waals surface area contributed by atoms with Gasteiger partial charge in [-0.15, -0.1) is 0 Å². The lowest BCUT2D eigenvalue weighted by atomic mass is 9.99. The monoisotopic (exact) mass is 1230 g/mol. The first-order chi connectivity index (χ1) is 42.7. The predicted molar refractivity (Wildman–Crippen MR) is 366 cm³/mol. The summed E-state index contributed by atoms with van der Waals surface area (Å²) in [6.07, 6.45) is 75.6. The fourth-order valence-corrected chi connectivity index (χ4v) is 11.7. The van der Waals surface area contributed by atoms with Gasteiger partial charge in [0.15, 0.2) is 6.29 Å². The van der Waals surface area contributed by atoms with E-state index < -0.39 is 49.5 Å². The van der Waals surface area contributed by atoms with Gasteiger partial charge in [0.25, 0.3) is 0 Å². The lowest BCUT2D eigenvalue weighted by Crippen LogP contribution is -2.60. The molecule has 0 aliphatic carbocycles. The van der Waals surface area contributed by atoms with Crippen LogP contribution in [0.4, 0.5) is 0 Å². The number of rotatable bonds is 66. The third-order valence-electron chi connectivity index (χ3n) is 17.6. The SMILES string of the molecule is CCCC/C=C/CC/C=C/CC/C=C/C(O)C(COC1OC(CO)C(O)C(O)C1O)NC(=O)CCCCCCCCCCCCCCCCCCC/C=C\CCCCCCCCCCCCCCCCOC(=O)CCCCCCCCCCCCCC. The summed E-state index contributed by atoms with van der Waals surface area (Å²) in [6.45, 7) is 4.31. The van der Waals surface area contributed by atoms with Crippen LogP contribution in [0.2, 0.25) is 0 Å². The molecule has 1 aliphatic rings. The number of carbonyl (C=O) groups is 2. The predicted octanol–water partition coefficient (Wildman–Crippen LogP) is 19.5. The quantitative estimate of drug-likeness (QED) is 0.0195. The number of amides is 1. The van der Waals surface area contributed by atoms with Crippen LogP contribution < -0.4 is 5.32 Å². The van der Waals surface area contributed by atoms with Crippen LogP contribution in [0, 0.1) is 0 Å². The van der Waals surface area contributed by atoms with Crippen LogP contribution in [0.5, 0.6) is 0 Å². The van der Waals surface area contributed by atoms with Crippen molar-refractivity contribution in [3.8, 4) is 0 Å². The Labute approximate surface area is 536 Å². The molecule has 87 heavy (non-hydrogen) atoms. The van der Waals surface area contributed by atoms with Gasteiger partial charge in [0.1, 0.15) is 24.4 Å². The molecular formula is C76H141NO10. The first-order valence-corrected chi connectivity index (χ1v) is 37.4. The minimum atomic E-state index is -1.58. The zero-order chi connectivity index (χ0) is 63.0. The smallest absolute Gasteiger partial charge is 0.305 e. The number of allylic oxidation sites excluding steroid dienone is 7. The van der Waals surface area contributed by atoms with Gasteiger partial charge in [0, 0.05) is 12.8 Å². The minimum Gasteiger partial charge on any atom is -0.466 e. The van der Waals surface area contributed by atoms with Crippen LogP contribution in [0.25, 0.3) is 0 Å². The Morgan fingerprint density at radius 3 is 1.17 bits per heavy atom. The van der Waals surface area contributed by atoms with Crippen molar-refractivity contribution in [1.29, 1.82) is 0 Å². The highest BCUT2D eigenvalue weighted by atomic mass is 16.7. The normalized spacial score (nSPS) is 18.1. The van der Waals surface area contributed by atoms with Crippen LogP contribution in [0.1, 0.15) is 361 Å². The zero-order valence-corrected chi connectivity index (χ0v) is 56.7. The Morgan fingerprint density at radius 1 is 0.414 bits per heavy atom. The maximum Gasteiger partial charge on any atom is 0.305 e. The number of ether oxygens (including phenoxy) is 3. The molecule has 1 rings (SSSR count). The third-order valence-corrected chi connectivity index (χ3v) is 17.6. The lowest BCUT2D eigenvalue weighted by Gasteiger charge is -2.40. The maximum absolute atomic E-state index is 13.1. The summed E-state index contributed by atoms with van der Waals surface area (Å²) in [5.41, 5.74) is 0. The summed E-state index contributed by atoms with van der Waals surface area (Å²) in [7, 11) is 0. The second-order valence-electron chi connectivity index (χ2n) is 26.0. The molecule has 1 saturated heterocycles. The summed E-state index contributed by atoms with van der Waals surface area (Å²) in [5.74, 6) is -0.179. The molecule has 7 atom stereocenters. The van der Waals surface area contributed by atoms with Crippen LogP contribution in [-0.2, 0) is 23.8 Å². The Balaban J connectivity index is 1.92. The first-order valence-electron chi connectivity index (χ1n) is 37.4. The van der Waals surface area contributed by atoms with Gasteiger partial charge < -0.3 is 45.1 Å². The molecule has 7 unspecified atom stereocenters. The van der Waals surface area contributed by atoms with Crippen molar-refractivity contribution in [3.05, 3.63) is 48.6 Å². The van der Waals surface area contributed by atoms with E-state index in [-0.39, 0.29) is 18.5 Å². The van der Waals surface area contributed by atoms with E-state index in [2.05, 4.69) is 55.6 Å². The van der Waals surface area contributed by atoms with Crippen molar-refractivity contribution in [3.63, 3.8) is 0 Å². The maximum atomic E-state index is 13.1. The fourth-order valence-electron chi connectivity index (χ4n) is 11.7. The number of esters is 1. The van der Waals surface area contributed by atoms with Crippen LogP contribution in [0.3, 0.4) is 0 Å². The number of nitrogens with one attached hydrogen (secondary N) is 1. The van der Waals surface area contributed by atoms with E-state index in [1.54, 1.807) is 6.08 Å². The van der Waals surface area contributed by atoms with Crippen molar-refractivity contribution in [2.75, 3.05) is 19.8 Å². The summed E-state index contributed by atoms with van der Waals surface area (Å²) in [6, 6.07) is -0.832. The Hall–Kier alpha value is -2.38. The summed E-state index contributed by atoms with van der Waals surface area (Å²) in [5, 5.41) is 54.4. The van der Waals surface area contributed by atoms with Gasteiger partial charge in [0.2, 0.25) is 5.91 Å². The molecule has 1 fully saturated rings. The topological polar surface area (TPSA) is 175 Å². The standard InChI is InChI=1S/C76H141NO10/c1-3-5-7-9-11-13-15-42-46-50-54-58-62-69(79)68(67-86-76-75(84)74(83)73(82)70(66-78)87-76)77-71(80)63-59-55-51-47-43-40-38-36-34-32-30-28-26-24-22-20-18-17-19-21-23-25-27-29-31-33-35-37-39-41-45-49-53-57-61-65-85-72(81)64-60-56-52-48-44-16-14-12-10-8-6-4-2/h9,11,19,21,42,46,58,62,68-70,73-76,78-79,82-84H,3-8,10,12-18,20,22-41,43-45,47-57,59-61,63-67H2,1-2H3,(H,77,80)/b11-9+,21-19-,46-42+,62-58+. The highest BCUT2D eigenvalue weighted by molar-refractivity contribution is 5.76. The van der Waals surface area contributed by atoms with Crippen molar-refractivity contribution in [1.82, 2.24) is 5.32 Å². The molecule has 1 amide bonds. The van der Waals surface area contributed by atoms with E-state index in [1.807, 2.05) is 6.08 Å². The number of hydrogen-bond donors (Lipinski definition) is 6. The largest absolute Gasteiger partial charge is 0.466 e. The van der Waals surface area contributed by atoms with Crippen molar-refractivity contribution in [2.45, 2.75) is 403 Å². The molecule has 1 aliphatic heterocycles. The number of hydrogen-bond acceptors (Lipinski definition) is 10. The fraction of sp³-hybridized carbons (Fsp3) is 0.868. The van der Waals surface area contributed by atoms with Gasteiger partial charge in [-0.05, 0) is 77.0 Å². The third kappa shape index (κ3) is 53.9. The van der Waals surface area contributed by atoms with E-state index in [1.165, 1.54) is 270 Å². The molecule has 6 N–H and O–H groups in total. The molecule has 11 nitrogen and oxygen atoms in total. The van der Waals surface area contributed by atoms with Crippen LogP contribution in [0.15, 0.2) is 48.6 Å². The number of unbranched alkanes of at least 4 members (excludes halogenated alkanes) is 46. The molecule has 510 valence electrons. The summed E-state index contributed by atoms with van der Waals surface area (Å²) >= 11 is 0. The Morgan fingerprint density at radius 2 is 0.759 bits per heavy atom. The molecule has 0 aromatic rings. The highest BCUT2D eigenvalue weighted by Gasteiger charge is 2.44. The van der Waals surface area contributed by atoms with Crippen molar-refractivity contribution in [2.24, 2.45) is 0 Å². The first kappa shape index (κ1) is 82.6. The molecule has 11 heteroatoms. The van der Waals surface area contributed by atoms with E-state index >= 15 is 0 Å². The molecule has 0 spiro atoms. The Kier molecular flexibility index (Phi) is 61.9. The zero-order valence-electron chi connectivity index (χ0n) is 56.7. The molecule has 1 heterocycles. The number of carbonyl (C=O) groups excluding carboxylic acids is 2. The van der Waals surface area contributed by atoms with Crippen LogP contribution >= 0.6 is 0 Å². The van der Waals surface area contributed by atoms with E-state index in [9.17, 15) is 35.1 Å². The van der Waals surface area contributed by atoms with Crippen molar-refractivity contribution >= 4 is 11.9 Å². The van der Waals surface area contributed by atoms with E-state index in [0.29, 0.717) is 19.4 Å². The lowest BCUT2D eigenvalue weighted by molar-refractivity contribution is -0.302. The van der Waals surface area contributed by atoms with Gasteiger partial charge in [-0.2, -0.15) is 0 Å². The average molecular weight is 1230 g/mol. The van der Waals surface area contributed by atoms with E-state index in [0.717, 1.165) is 64.2 Å². The van der Waals surface area contributed by atoms with Crippen LogP contribution in [-0.4, -0.2) is 100 Å². The molecule has 0 radical (unpaired) electrons. The second kappa shape index (κ2) is 65.1. The second-order valence-corrected chi connectivity index (χ2v) is 26.0. The molecule has 0 saturated carbocycles. The molecule has 0 bridgehead atoms. The van der Waals surface area contributed by atoms with Gasteiger partial charge in [-0.1, -0.05) is 319 Å². The van der Waals surface area contributed by atoms with Gasteiger partial charge in [0.05, 0.1) is 32.0 Å². The van der Waals surface area contributed by atoms with Crippen molar-refractivity contribution < 1.29 is 49.3 Å².